The normalized spacial score (nSPS) is 18.6. The summed E-state index contributed by atoms with van der Waals surface area (Å²) in [5, 5.41) is 2.86. The molecule has 0 radical (unpaired) electrons. The van der Waals surface area contributed by atoms with Crippen LogP contribution in [0.5, 0.6) is 0 Å². The molecule has 0 spiro atoms. The highest BCUT2D eigenvalue weighted by atomic mass is 16.2. The molecule has 1 aromatic carbocycles. The van der Waals surface area contributed by atoms with Gasteiger partial charge >= 0.3 is 0 Å². The molecular weight excluding hydrogens is 288 g/mol. The summed E-state index contributed by atoms with van der Waals surface area (Å²) in [4.78, 5) is 25.6. The summed E-state index contributed by atoms with van der Waals surface area (Å²) >= 11 is 0. The molecule has 2 rings (SSSR count). The highest BCUT2D eigenvalue weighted by molar-refractivity contribution is 5.94. The van der Waals surface area contributed by atoms with Crippen LogP contribution in [0, 0.1) is 5.92 Å². The Balaban J connectivity index is 2.00. The van der Waals surface area contributed by atoms with Gasteiger partial charge in [-0.25, -0.2) is 0 Å². The van der Waals surface area contributed by atoms with Crippen LogP contribution >= 0.6 is 0 Å². The molecule has 23 heavy (non-hydrogen) atoms. The summed E-state index contributed by atoms with van der Waals surface area (Å²) in [6.07, 6.45) is 2.06. The molecule has 1 aromatic rings. The third-order valence-corrected chi connectivity index (χ3v) is 4.44. The summed E-state index contributed by atoms with van der Waals surface area (Å²) in [6.45, 7) is 10.2. The minimum atomic E-state index is -0.00813. The Morgan fingerprint density at radius 2 is 1.87 bits per heavy atom. The molecule has 1 N–H and O–H groups in total. The molecule has 4 nitrogen and oxygen atoms in total. The second kappa shape index (κ2) is 7.16. The van der Waals surface area contributed by atoms with Gasteiger partial charge < -0.3 is 10.2 Å². The number of amides is 2. The number of likely N-dealkylation sites (tertiary alicyclic amines) is 1. The molecule has 2 amide bonds. The van der Waals surface area contributed by atoms with E-state index >= 15 is 0 Å². The Morgan fingerprint density at radius 1 is 1.22 bits per heavy atom. The first kappa shape index (κ1) is 17.5. The van der Waals surface area contributed by atoms with E-state index < -0.39 is 0 Å². The van der Waals surface area contributed by atoms with Crippen LogP contribution in [-0.4, -0.2) is 36.3 Å². The van der Waals surface area contributed by atoms with Gasteiger partial charge in [-0.3, -0.25) is 9.59 Å². The van der Waals surface area contributed by atoms with E-state index in [0.717, 1.165) is 31.5 Å². The van der Waals surface area contributed by atoms with Gasteiger partial charge in [-0.05, 0) is 41.9 Å². The Morgan fingerprint density at radius 3 is 2.43 bits per heavy atom. The fourth-order valence-corrected chi connectivity index (χ4v) is 3.00. The van der Waals surface area contributed by atoms with E-state index in [9.17, 15) is 9.59 Å². The lowest BCUT2D eigenvalue weighted by molar-refractivity contribution is -0.119. The van der Waals surface area contributed by atoms with Gasteiger partial charge in [0.15, 0.2) is 0 Å². The standard InChI is InChI=1S/C19H28N2O2/c1-14(22)20-12-15-6-5-11-21(13-15)18(23)16-7-9-17(10-8-16)19(2,3)4/h7-10,15H,5-6,11-13H2,1-4H3,(H,20,22)/t15-/m0/s1. The summed E-state index contributed by atoms with van der Waals surface area (Å²) in [5.74, 6) is 0.439. The molecule has 0 aromatic heterocycles. The Bertz CT molecular complexity index is 558. The zero-order chi connectivity index (χ0) is 17.0. The van der Waals surface area contributed by atoms with E-state index in [4.69, 9.17) is 0 Å². The van der Waals surface area contributed by atoms with Gasteiger partial charge in [0, 0.05) is 32.1 Å². The summed E-state index contributed by atoms with van der Waals surface area (Å²) < 4.78 is 0. The second-order valence-corrected chi connectivity index (χ2v) is 7.52. The van der Waals surface area contributed by atoms with Gasteiger partial charge in [0.05, 0.1) is 0 Å². The van der Waals surface area contributed by atoms with Crippen LogP contribution in [0.15, 0.2) is 24.3 Å². The Labute approximate surface area is 139 Å². The maximum Gasteiger partial charge on any atom is 0.253 e. The lowest BCUT2D eigenvalue weighted by atomic mass is 9.86. The van der Waals surface area contributed by atoms with Crippen molar-refractivity contribution in [2.75, 3.05) is 19.6 Å². The molecule has 1 saturated heterocycles. The minimum Gasteiger partial charge on any atom is -0.356 e. The first-order valence-corrected chi connectivity index (χ1v) is 8.41. The maximum atomic E-state index is 12.7. The molecule has 1 aliphatic heterocycles. The Hall–Kier alpha value is -1.84. The Kier molecular flexibility index (Phi) is 5.45. The van der Waals surface area contributed by atoms with Crippen LogP contribution in [-0.2, 0) is 10.2 Å². The first-order chi connectivity index (χ1) is 10.8. The molecule has 1 fully saturated rings. The van der Waals surface area contributed by atoms with Gasteiger partial charge in [-0.1, -0.05) is 32.9 Å². The molecule has 0 bridgehead atoms. The molecule has 1 atom stereocenters. The van der Waals surface area contributed by atoms with Crippen molar-refractivity contribution in [2.24, 2.45) is 5.92 Å². The number of nitrogens with zero attached hydrogens (tertiary/aromatic N) is 1. The van der Waals surface area contributed by atoms with E-state index in [1.54, 1.807) is 0 Å². The average molecular weight is 316 g/mol. The van der Waals surface area contributed by atoms with Crippen molar-refractivity contribution < 1.29 is 9.59 Å². The van der Waals surface area contributed by atoms with Crippen molar-refractivity contribution in [3.63, 3.8) is 0 Å². The highest BCUT2D eigenvalue weighted by Crippen LogP contribution is 2.23. The van der Waals surface area contributed by atoms with Crippen LogP contribution in [0.4, 0.5) is 0 Å². The molecular formula is C19H28N2O2. The van der Waals surface area contributed by atoms with Gasteiger partial charge in [0.2, 0.25) is 5.91 Å². The molecule has 0 saturated carbocycles. The van der Waals surface area contributed by atoms with Crippen LogP contribution in [0.2, 0.25) is 0 Å². The molecule has 1 heterocycles. The van der Waals surface area contributed by atoms with Crippen molar-refractivity contribution in [3.05, 3.63) is 35.4 Å². The van der Waals surface area contributed by atoms with Gasteiger partial charge in [-0.2, -0.15) is 0 Å². The zero-order valence-corrected chi connectivity index (χ0v) is 14.7. The number of piperidine rings is 1. The summed E-state index contributed by atoms with van der Waals surface area (Å²) in [7, 11) is 0. The fraction of sp³-hybridized carbons (Fsp3) is 0.579. The quantitative estimate of drug-likeness (QED) is 0.932. The van der Waals surface area contributed by atoms with Crippen LogP contribution in [0.3, 0.4) is 0 Å². The number of hydrogen-bond acceptors (Lipinski definition) is 2. The smallest absolute Gasteiger partial charge is 0.253 e. The zero-order valence-electron chi connectivity index (χ0n) is 14.7. The van der Waals surface area contributed by atoms with Gasteiger partial charge in [-0.15, -0.1) is 0 Å². The van der Waals surface area contributed by atoms with Gasteiger partial charge in [0.1, 0.15) is 0 Å². The molecule has 0 aliphatic carbocycles. The first-order valence-electron chi connectivity index (χ1n) is 8.41. The van der Waals surface area contributed by atoms with E-state index in [0.29, 0.717) is 12.5 Å². The third-order valence-electron chi connectivity index (χ3n) is 4.44. The van der Waals surface area contributed by atoms with Crippen molar-refractivity contribution in [3.8, 4) is 0 Å². The second-order valence-electron chi connectivity index (χ2n) is 7.52. The highest BCUT2D eigenvalue weighted by Gasteiger charge is 2.25. The van der Waals surface area contributed by atoms with Crippen LogP contribution < -0.4 is 5.32 Å². The minimum absolute atomic E-state index is 0.00813. The van der Waals surface area contributed by atoms with E-state index in [2.05, 4.69) is 26.1 Å². The van der Waals surface area contributed by atoms with Gasteiger partial charge in [0.25, 0.3) is 5.91 Å². The number of nitrogens with one attached hydrogen (secondary N) is 1. The number of hydrogen-bond donors (Lipinski definition) is 1. The van der Waals surface area contributed by atoms with Crippen molar-refractivity contribution >= 4 is 11.8 Å². The number of carbonyl (C=O) groups is 2. The molecule has 4 heteroatoms. The van der Waals surface area contributed by atoms with Crippen molar-refractivity contribution in [2.45, 2.75) is 46.0 Å². The predicted molar refractivity (Wildman–Crippen MR) is 92.5 cm³/mol. The lowest BCUT2D eigenvalue weighted by Crippen LogP contribution is -2.43. The molecule has 0 unspecified atom stereocenters. The summed E-state index contributed by atoms with van der Waals surface area (Å²) in [6, 6.07) is 7.96. The lowest BCUT2D eigenvalue weighted by Gasteiger charge is -2.33. The van der Waals surface area contributed by atoms with Crippen molar-refractivity contribution in [1.82, 2.24) is 10.2 Å². The number of carbonyl (C=O) groups excluding carboxylic acids is 2. The number of benzene rings is 1. The third kappa shape index (κ3) is 4.81. The van der Waals surface area contributed by atoms with Crippen LogP contribution in [0.1, 0.15) is 56.5 Å². The average Bonchev–Trinajstić information content (AvgIpc) is 2.52. The largest absolute Gasteiger partial charge is 0.356 e. The molecule has 1 aliphatic rings. The SMILES string of the molecule is CC(=O)NC[C@@H]1CCCN(C(=O)c2ccc(C(C)(C)C)cc2)C1. The van der Waals surface area contributed by atoms with Crippen molar-refractivity contribution in [1.29, 1.82) is 0 Å². The molecule has 126 valence electrons. The van der Waals surface area contributed by atoms with E-state index in [1.807, 2.05) is 29.2 Å². The monoisotopic (exact) mass is 316 g/mol. The fourth-order valence-electron chi connectivity index (χ4n) is 3.00. The maximum absolute atomic E-state index is 12.7. The number of rotatable bonds is 3. The summed E-state index contributed by atoms with van der Waals surface area (Å²) in [5.41, 5.74) is 2.07. The predicted octanol–water partition coefficient (Wildman–Crippen LogP) is 2.97. The van der Waals surface area contributed by atoms with Crippen LogP contribution in [0.25, 0.3) is 0 Å². The van der Waals surface area contributed by atoms with E-state index in [-0.39, 0.29) is 17.2 Å². The van der Waals surface area contributed by atoms with E-state index in [1.165, 1.54) is 12.5 Å². The topological polar surface area (TPSA) is 49.4 Å².